The van der Waals surface area contributed by atoms with Gasteiger partial charge in [0.1, 0.15) is 0 Å². The van der Waals surface area contributed by atoms with Gasteiger partial charge >= 0.3 is 111 Å². The third-order valence-electron chi connectivity index (χ3n) is 2.94. The van der Waals surface area contributed by atoms with Crippen LogP contribution in [0.5, 0.6) is 0 Å². The van der Waals surface area contributed by atoms with Gasteiger partial charge in [0, 0.05) is 0 Å². The fraction of sp³-hybridized carbons (Fsp3) is 0.0714. The van der Waals surface area contributed by atoms with Gasteiger partial charge in [0.05, 0.1) is 0 Å². The van der Waals surface area contributed by atoms with E-state index >= 15 is 0 Å². The Labute approximate surface area is 111 Å². The summed E-state index contributed by atoms with van der Waals surface area (Å²) in [5.74, 6) is 0. The molecular weight excluding hydrogens is 289 g/mol. The summed E-state index contributed by atoms with van der Waals surface area (Å²) in [7, 11) is -2.02. The molecular formula is C14H13NSeSi. The summed E-state index contributed by atoms with van der Waals surface area (Å²) in [6.45, 7) is 2.24. The molecule has 3 heteroatoms. The summed E-state index contributed by atoms with van der Waals surface area (Å²) in [4.78, 5) is 0. The van der Waals surface area contributed by atoms with Gasteiger partial charge in [-0.25, -0.2) is 0 Å². The Hall–Kier alpha value is -1.24. The topological polar surface area (TPSA) is 12.4 Å². The summed E-state index contributed by atoms with van der Waals surface area (Å²) in [6, 6.07) is 21.0. The van der Waals surface area contributed by atoms with E-state index < -0.39 is 8.24 Å². The molecule has 0 bridgehead atoms. The fourth-order valence-electron chi connectivity index (χ4n) is 1.91. The van der Waals surface area contributed by atoms with Crippen LogP contribution in [0.2, 0.25) is 6.55 Å². The van der Waals surface area contributed by atoms with Crippen LogP contribution in [0.1, 0.15) is 0 Å². The van der Waals surface area contributed by atoms with Crippen LogP contribution >= 0.6 is 0 Å². The number of rotatable bonds is 3. The molecule has 0 aromatic heterocycles. The summed E-state index contributed by atoms with van der Waals surface area (Å²) >= 11 is 2.76. The van der Waals surface area contributed by atoms with Crippen molar-refractivity contribution in [3.63, 3.8) is 0 Å². The summed E-state index contributed by atoms with van der Waals surface area (Å²) < 4.78 is 7.50. The van der Waals surface area contributed by atoms with E-state index in [0.29, 0.717) is 0 Å². The standard InChI is InChI=1S/C14H13NSeSi/c1-17(15-12-16,13-8-4-2-5-9-13)14-10-6-3-7-11-14/h2-11H,1H3. The molecule has 17 heavy (non-hydrogen) atoms. The molecule has 0 aliphatic carbocycles. The molecule has 0 saturated carbocycles. The Balaban J connectivity index is 2.59. The van der Waals surface area contributed by atoms with Crippen molar-refractivity contribution in [1.82, 2.24) is 0 Å². The molecule has 2 aromatic carbocycles. The number of hydrogen-bond donors (Lipinski definition) is 0. The molecule has 0 unspecified atom stereocenters. The third kappa shape index (κ3) is 2.54. The van der Waals surface area contributed by atoms with Gasteiger partial charge in [-0.3, -0.25) is 0 Å². The van der Waals surface area contributed by atoms with Crippen molar-refractivity contribution in [1.29, 1.82) is 0 Å². The van der Waals surface area contributed by atoms with Crippen molar-refractivity contribution in [2.24, 2.45) is 4.66 Å². The predicted octanol–water partition coefficient (Wildman–Crippen LogP) is 1.45. The number of nitrogens with zero attached hydrogens (tertiary/aromatic N) is 1. The van der Waals surface area contributed by atoms with E-state index in [1.807, 2.05) is 12.1 Å². The maximum atomic E-state index is 4.63. The van der Waals surface area contributed by atoms with Crippen molar-refractivity contribution in [3.05, 3.63) is 60.7 Å². The number of benzene rings is 2. The van der Waals surface area contributed by atoms with Gasteiger partial charge in [-0.15, -0.1) is 0 Å². The summed E-state index contributed by atoms with van der Waals surface area (Å²) in [5, 5.41) is 2.60. The average Bonchev–Trinajstić information content (AvgIpc) is 2.41. The summed E-state index contributed by atoms with van der Waals surface area (Å²) in [5.41, 5.74) is 0. The van der Waals surface area contributed by atoms with Gasteiger partial charge in [0.25, 0.3) is 0 Å². The van der Waals surface area contributed by atoms with Crippen LogP contribution in [0.25, 0.3) is 0 Å². The zero-order valence-electron chi connectivity index (χ0n) is 9.63. The maximum absolute atomic E-state index is 4.63. The molecule has 0 fully saturated rings. The third-order valence-corrected chi connectivity index (χ3v) is 6.97. The molecule has 0 aliphatic rings. The van der Waals surface area contributed by atoms with Crippen LogP contribution in [0.4, 0.5) is 0 Å². The van der Waals surface area contributed by atoms with E-state index in [-0.39, 0.29) is 0 Å². The molecule has 0 radical (unpaired) electrons. The van der Waals surface area contributed by atoms with Crippen LogP contribution in [0, 0.1) is 0 Å². The molecule has 0 amide bonds. The molecule has 0 spiro atoms. The minimum atomic E-state index is -2.02. The van der Waals surface area contributed by atoms with E-state index in [1.165, 1.54) is 10.4 Å². The monoisotopic (exact) mass is 303 g/mol. The first-order valence-corrected chi connectivity index (χ1v) is 8.78. The zero-order valence-corrected chi connectivity index (χ0v) is 12.3. The second-order valence-corrected chi connectivity index (χ2v) is 7.91. The number of hydrogen-bond acceptors (Lipinski definition) is 1. The SMILES string of the molecule is C[Si](N=C=[Se])(c1ccccc1)c1ccccc1. The van der Waals surface area contributed by atoms with Gasteiger partial charge in [0.2, 0.25) is 0 Å². The molecule has 0 aliphatic heterocycles. The van der Waals surface area contributed by atoms with Gasteiger partial charge in [-0.2, -0.15) is 0 Å². The Morgan fingerprint density at radius 2 is 1.29 bits per heavy atom. The Kier molecular flexibility index (Phi) is 3.88. The molecule has 2 rings (SSSR count). The first kappa shape index (κ1) is 12.2. The Bertz CT molecular complexity index is 493. The molecule has 0 N–H and O–H groups in total. The molecule has 0 heterocycles. The van der Waals surface area contributed by atoms with Crippen molar-refractivity contribution < 1.29 is 0 Å². The predicted molar refractivity (Wildman–Crippen MR) is 77.0 cm³/mol. The van der Waals surface area contributed by atoms with Gasteiger partial charge in [-0.1, -0.05) is 0 Å². The van der Waals surface area contributed by atoms with Gasteiger partial charge in [-0.05, 0) is 0 Å². The quantitative estimate of drug-likeness (QED) is 0.601. The Morgan fingerprint density at radius 3 is 1.65 bits per heavy atom. The van der Waals surface area contributed by atoms with Crippen LogP contribution in [-0.2, 0) is 0 Å². The van der Waals surface area contributed by atoms with Crippen molar-refractivity contribution in [2.45, 2.75) is 6.55 Å². The molecule has 0 saturated heterocycles. The van der Waals surface area contributed by atoms with Gasteiger partial charge in [0.15, 0.2) is 0 Å². The minimum absolute atomic E-state index is 1.30. The van der Waals surface area contributed by atoms with E-state index in [1.54, 1.807) is 0 Å². The first-order chi connectivity index (χ1) is 8.27. The second-order valence-electron chi connectivity index (χ2n) is 4.01. The Morgan fingerprint density at radius 1 is 0.882 bits per heavy atom. The molecule has 84 valence electrons. The van der Waals surface area contributed by atoms with E-state index in [9.17, 15) is 0 Å². The van der Waals surface area contributed by atoms with Gasteiger partial charge < -0.3 is 0 Å². The summed E-state index contributed by atoms with van der Waals surface area (Å²) in [6.07, 6.45) is 0. The molecule has 1 nitrogen and oxygen atoms in total. The van der Waals surface area contributed by atoms with Crippen molar-refractivity contribution >= 4 is 38.9 Å². The molecule has 2 aromatic rings. The van der Waals surface area contributed by atoms with Crippen LogP contribution < -0.4 is 10.4 Å². The average molecular weight is 302 g/mol. The van der Waals surface area contributed by atoms with E-state index in [0.717, 1.165) is 0 Å². The second kappa shape index (κ2) is 5.39. The van der Waals surface area contributed by atoms with E-state index in [2.05, 4.69) is 80.0 Å². The normalized spacial score (nSPS) is 10.6. The van der Waals surface area contributed by atoms with Crippen molar-refractivity contribution in [2.75, 3.05) is 0 Å². The van der Waals surface area contributed by atoms with Crippen LogP contribution in [0.3, 0.4) is 0 Å². The van der Waals surface area contributed by atoms with Crippen molar-refractivity contribution in [3.8, 4) is 0 Å². The van der Waals surface area contributed by atoms with Crippen LogP contribution in [0.15, 0.2) is 65.3 Å². The van der Waals surface area contributed by atoms with E-state index in [4.69, 9.17) is 0 Å². The molecule has 0 atom stereocenters. The van der Waals surface area contributed by atoms with Crippen LogP contribution in [-0.4, -0.2) is 28.5 Å². The first-order valence-electron chi connectivity index (χ1n) is 5.47. The zero-order chi connectivity index (χ0) is 12.1. The fourth-order valence-corrected chi connectivity index (χ4v) is 5.52.